The highest BCUT2D eigenvalue weighted by Crippen LogP contribution is 2.32. The van der Waals surface area contributed by atoms with Gasteiger partial charge in [-0.15, -0.1) is 0 Å². The highest BCUT2D eigenvalue weighted by atomic mass is 16.2. The molecule has 6 aromatic rings. The number of rotatable bonds is 5. The number of fused-ring (bicyclic) bond motifs is 4. The van der Waals surface area contributed by atoms with E-state index in [-0.39, 0.29) is 11.6 Å². The Morgan fingerprint density at radius 2 is 1.65 bits per heavy atom. The van der Waals surface area contributed by atoms with Crippen molar-refractivity contribution in [3.8, 4) is 16.8 Å². The number of aromatic nitrogens is 4. The van der Waals surface area contributed by atoms with Gasteiger partial charge < -0.3 is 5.32 Å². The first-order valence-corrected chi connectivity index (χ1v) is 13.6. The molecule has 198 valence electrons. The van der Waals surface area contributed by atoms with Crippen LogP contribution in [0.2, 0.25) is 0 Å². The summed E-state index contributed by atoms with van der Waals surface area (Å²) in [6, 6.07) is 24.4. The van der Waals surface area contributed by atoms with Crippen molar-refractivity contribution in [3.63, 3.8) is 0 Å². The van der Waals surface area contributed by atoms with Crippen molar-refractivity contribution >= 4 is 38.7 Å². The van der Waals surface area contributed by atoms with Crippen LogP contribution in [0.3, 0.4) is 0 Å². The van der Waals surface area contributed by atoms with E-state index in [0.29, 0.717) is 6.04 Å². The number of hydrogen-bond donors (Lipinski definition) is 1. The maximum Gasteiger partial charge on any atom is 0.333 e. The van der Waals surface area contributed by atoms with Gasteiger partial charge in [-0.25, -0.2) is 4.79 Å². The summed E-state index contributed by atoms with van der Waals surface area (Å²) in [5, 5.41) is 5.07. The van der Waals surface area contributed by atoms with Crippen molar-refractivity contribution in [2.24, 2.45) is 7.05 Å². The molecule has 1 amide bonds. The zero-order chi connectivity index (χ0) is 27.6. The number of pyridine rings is 2. The monoisotopic (exact) mass is 527 g/mol. The Kier molecular flexibility index (Phi) is 5.39. The van der Waals surface area contributed by atoms with Crippen LogP contribution in [0.1, 0.15) is 32.3 Å². The van der Waals surface area contributed by atoms with Crippen LogP contribution in [0.25, 0.3) is 49.7 Å². The Morgan fingerprint density at radius 1 is 0.900 bits per heavy atom. The molecule has 7 rings (SSSR count). The summed E-state index contributed by atoms with van der Waals surface area (Å²) in [5.74, 6) is 0.0258. The maximum atomic E-state index is 13.6. The highest BCUT2D eigenvalue weighted by molar-refractivity contribution is 6.05. The van der Waals surface area contributed by atoms with Crippen LogP contribution < -0.4 is 11.0 Å². The van der Waals surface area contributed by atoms with Gasteiger partial charge in [0.05, 0.1) is 39.4 Å². The van der Waals surface area contributed by atoms with Crippen LogP contribution in [0, 0.1) is 0 Å². The fourth-order valence-corrected chi connectivity index (χ4v) is 5.40. The zero-order valence-corrected chi connectivity index (χ0v) is 22.7. The number of carbonyl (C=O) groups is 1. The van der Waals surface area contributed by atoms with Crippen molar-refractivity contribution in [1.82, 2.24) is 24.4 Å². The SMILES string of the molecule is Cn1c(=O)n(-c2ccc(C(C)(C)C(=O)NC3CC3)cc2)c2c3cc(-c4cnc5ccccc5c4)ccc3ncc21. The van der Waals surface area contributed by atoms with Gasteiger partial charge in [-0.2, -0.15) is 0 Å². The zero-order valence-electron chi connectivity index (χ0n) is 22.7. The molecule has 0 aliphatic heterocycles. The van der Waals surface area contributed by atoms with Crippen molar-refractivity contribution in [1.29, 1.82) is 0 Å². The standard InChI is InChI=1S/C33H29N5O2/c1-33(2,31(39)36-24-11-12-24)23-9-13-25(14-10-23)38-30-26-17-20(22-16-21-6-4-5-7-27(21)34-18-22)8-15-28(26)35-19-29(30)37(3)32(38)40/h4-10,13-19,24H,11-12H2,1-3H3,(H,36,39). The molecule has 0 atom stereocenters. The molecule has 1 saturated carbocycles. The first kappa shape index (κ1) is 24.3. The number of imidazole rings is 1. The minimum atomic E-state index is -0.676. The fourth-order valence-electron chi connectivity index (χ4n) is 5.40. The average Bonchev–Trinajstić information content (AvgIpc) is 3.76. The molecule has 3 aromatic heterocycles. The third kappa shape index (κ3) is 3.88. The molecule has 40 heavy (non-hydrogen) atoms. The minimum Gasteiger partial charge on any atom is -0.353 e. The number of carbonyl (C=O) groups excluding carboxylic acids is 1. The van der Waals surface area contributed by atoms with E-state index in [1.165, 1.54) is 0 Å². The number of para-hydroxylation sites is 1. The molecule has 0 radical (unpaired) electrons. The van der Waals surface area contributed by atoms with Crippen LogP contribution in [-0.2, 0) is 17.3 Å². The Morgan fingerprint density at radius 3 is 2.42 bits per heavy atom. The van der Waals surface area contributed by atoms with Crippen LogP contribution >= 0.6 is 0 Å². The van der Waals surface area contributed by atoms with Gasteiger partial charge in [-0.3, -0.25) is 23.9 Å². The molecule has 1 aliphatic carbocycles. The minimum absolute atomic E-state index is 0.0258. The number of hydrogen-bond acceptors (Lipinski definition) is 4. The molecule has 0 bridgehead atoms. The predicted octanol–water partition coefficient (Wildman–Crippen LogP) is 5.65. The highest BCUT2D eigenvalue weighted by Gasteiger charge is 2.34. The van der Waals surface area contributed by atoms with Crippen molar-refractivity contribution in [2.45, 2.75) is 38.1 Å². The molecule has 1 fully saturated rings. The van der Waals surface area contributed by atoms with Gasteiger partial charge in [0, 0.05) is 35.6 Å². The molecular weight excluding hydrogens is 498 g/mol. The molecule has 0 saturated heterocycles. The van der Waals surface area contributed by atoms with Crippen LogP contribution in [0.5, 0.6) is 0 Å². The van der Waals surface area contributed by atoms with Gasteiger partial charge in [0.2, 0.25) is 5.91 Å². The number of amides is 1. The maximum absolute atomic E-state index is 13.6. The normalized spacial score (nSPS) is 13.8. The number of benzene rings is 3. The van der Waals surface area contributed by atoms with E-state index in [0.717, 1.165) is 68.1 Å². The van der Waals surface area contributed by atoms with Crippen LogP contribution in [-0.4, -0.2) is 31.1 Å². The molecule has 0 unspecified atom stereocenters. The van der Waals surface area contributed by atoms with Gasteiger partial charge in [0.25, 0.3) is 0 Å². The summed E-state index contributed by atoms with van der Waals surface area (Å²) >= 11 is 0. The topological polar surface area (TPSA) is 81.8 Å². The van der Waals surface area contributed by atoms with E-state index in [9.17, 15) is 9.59 Å². The van der Waals surface area contributed by atoms with E-state index in [1.807, 2.05) is 74.6 Å². The lowest BCUT2D eigenvalue weighted by Gasteiger charge is -2.24. The fraction of sp³-hybridized carbons (Fsp3) is 0.212. The quantitative estimate of drug-likeness (QED) is 0.314. The molecule has 7 heteroatoms. The number of aryl methyl sites for hydroxylation is 1. The average molecular weight is 528 g/mol. The number of nitrogens with zero attached hydrogens (tertiary/aromatic N) is 4. The third-order valence-electron chi connectivity index (χ3n) is 8.13. The Balaban J connectivity index is 1.36. The van der Waals surface area contributed by atoms with E-state index in [4.69, 9.17) is 0 Å². The molecule has 1 aliphatic rings. The lowest BCUT2D eigenvalue weighted by molar-refractivity contribution is -0.125. The summed E-state index contributed by atoms with van der Waals surface area (Å²) in [7, 11) is 1.77. The Bertz CT molecular complexity index is 2010. The van der Waals surface area contributed by atoms with Gasteiger partial charge in [0.1, 0.15) is 0 Å². The lowest BCUT2D eigenvalue weighted by Crippen LogP contribution is -2.41. The van der Waals surface area contributed by atoms with Gasteiger partial charge in [0.15, 0.2) is 0 Å². The van der Waals surface area contributed by atoms with Crippen molar-refractivity contribution < 1.29 is 4.79 Å². The second kappa shape index (κ2) is 8.88. The second-order valence-corrected chi connectivity index (χ2v) is 11.2. The van der Waals surface area contributed by atoms with E-state index in [1.54, 1.807) is 22.4 Å². The molecule has 1 N–H and O–H groups in total. The largest absolute Gasteiger partial charge is 0.353 e. The summed E-state index contributed by atoms with van der Waals surface area (Å²) in [4.78, 5) is 35.8. The molecule has 3 heterocycles. The van der Waals surface area contributed by atoms with Crippen molar-refractivity contribution in [2.75, 3.05) is 0 Å². The first-order chi connectivity index (χ1) is 19.3. The van der Waals surface area contributed by atoms with Crippen molar-refractivity contribution in [3.05, 3.63) is 101 Å². The lowest BCUT2D eigenvalue weighted by atomic mass is 9.83. The Labute approximate surface area is 231 Å². The summed E-state index contributed by atoms with van der Waals surface area (Å²) in [6.07, 6.45) is 5.74. The van der Waals surface area contributed by atoms with E-state index >= 15 is 0 Å². The third-order valence-corrected chi connectivity index (χ3v) is 8.13. The summed E-state index contributed by atoms with van der Waals surface area (Å²) < 4.78 is 3.37. The molecule has 7 nitrogen and oxygen atoms in total. The molecule has 0 spiro atoms. The van der Waals surface area contributed by atoms with E-state index in [2.05, 4.69) is 33.5 Å². The van der Waals surface area contributed by atoms with Gasteiger partial charge in [-0.05, 0) is 74.2 Å². The smallest absolute Gasteiger partial charge is 0.333 e. The Hall–Kier alpha value is -4.78. The van der Waals surface area contributed by atoms with Crippen LogP contribution in [0.15, 0.2) is 90.0 Å². The van der Waals surface area contributed by atoms with Gasteiger partial charge >= 0.3 is 5.69 Å². The van der Waals surface area contributed by atoms with Crippen LogP contribution in [0.4, 0.5) is 0 Å². The first-order valence-electron chi connectivity index (χ1n) is 13.6. The number of nitrogens with one attached hydrogen (secondary N) is 1. The molecule has 3 aromatic carbocycles. The van der Waals surface area contributed by atoms with E-state index < -0.39 is 5.41 Å². The predicted molar refractivity (Wildman–Crippen MR) is 159 cm³/mol. The summed E-state index contributed by atoms with van der Waals surface area (Å²) in [6.45, 7) is 3.87. The second-order valence-electron chi connectivity index (χ2n) is 11.2. The summed E-state index contributed by atoms with van der Waals surface area (Å²) in [5.41, 5.74) is 6.11. The van der Waals surface area contributed by atoms with Gasteiger partial charge in [-0.1, -0.05) is 36.4 Å². The molecular formula is C33H29N5O2.